The average molecular weight is 250 g/mol. The molecule has 0 aliphatic carbocycles. The van der Waals surface area contributed by atoms with Crippen molar-refractivity contribution >= 4 is 10.9 Å². The number of fused-ring (bicyclic) bond motifs is 1. The maximum Gasteiger partial charge on any atom is 0.138 e. The van der Waals surface area contributed by atoms with Crippen LogP contribution in [-0.4, -0.2) is 16.6 Å². The number of hydrogen-bond acceptors (Lipinski definition) is 3. The van der Waals surface area contributed by atoms with Gasteiger partial charge in [-0.05, 0) is 23.8 Å². The van der Waals surface area contributed by atoms with E-state index < -0.39 is 0 Å². The lowest BCUT2D eigenvalue weighted by atomic mass is 10.2. The first-order chi connectivity index (χ1) is 9.42. The largest absolute Gasteiger partial charge is 0.492 e. The molecule has 0 saturated carbocycles. The van der Waals surface area contributed by atoms with Gasteiger partial charge in [0.15, 0.2) is 0 Å². The molecule has 0 fully saturated rings. The second-order valence-electron chi connectivity index (χ2n) is 4.32. The van der Waals surface area contributed by atoms with Crippen molar-refractivity contribution in [2.45, 2.75) is 6.42 Å². The third-order valence-corrected chi connectivity index (χ3v) is 2.95. The molecule has 0 spiro atoms. The van der Waals surface area contributed by atoms with Gasteiger partial charge in [0.25, 0.3) is 0 Å². The fourth-order valence-electron chi connectivity index (χ4n) is 1.96. The van der Waals surface area contributed by atoms with Crippen LogP contribution in [0.4, 0.5) is 0 Å². The lowest BCUT2D eigenvalue weighted by Gasteiger charge is -2.06. The summed E-state index contributed by atoms with van der Waals surface area (Å²) in [5.41, 5.74) is 2.17. The summed E-state index contributed by atoms with van der Waals surface area (Å²) in [7, 11) is 0. The second kappa shape index (κ2) is 5.48. The summed E-state index contributed by atoms with van der Waals surface area (Å²) in [5, 5.41) is 1.10. The van der Waals surface area contributed by atoms with Crippen molar-refractivity contribution in [3.63, 3.8) is 0 Å². The molecule has 0 aliphatic rings. The zero-order valence-electron chi connectivity index (χ0n) is 10.5. The highest BCUT2D eigenvalue weighted by Crippen LogP contribution is 2.17. The lowest BCUT2D eigenvalue weighted by molar-refractivity contribution is 0.321. The van der Waals surface area contributed by atoms with E-state index >= 15 is 0 Å². The zero-order chi connectivity index (χ0) is 12.9. The molecular formula is C16H14N2O. The van der Waals surface area contributed by atoms with Crippen LogP contribution in [0.3, 0.4) is 0 Å². The second-order valence-corrected chi connectivity index (χ2v) is 4.32. The summed E-state index contributed by atoms with van der Waals surface area (Å²) in [5.74, 6) is 0.808. The quantitative estimate of drug-likeness (QED) is 0.713. The van der Waals surface area contributed by atoms with Crippen LogP contribution >= 0.6 is 0 Å². The molecule has 0 saturated heterocycles. The van der Waals surface area contributed by atoms with Crippen molar-refractivity contribution in [1.29, 1.82) is 0 Å². The molecular weight excluding hydrogens is 236 g/mol. The maximum absolute atomic E-state index is 5.73. The summed E-state index contributed by atoms with van der Waals surface area (Å²) in [6, 6.07) is 14.0. The first-order valence-corrected chi connectivity index (χ1v) is 6.28. The van der Waals surface area contributed by atoms with Gasteiger partial charge in [0, 0.05) is 24.2 Å². The molecule has 2 aromatic heterocycles. The molecule has 0 aliphatic heterocycles. The summed E-state index contributed by atoms with van der Waals surface area (Å²) in [6.07, 6.45) is 6.26. The highest BCUT2D eigenvalue weighted by atomic mass is 16.5. The van der Waals surface area contributed by atoms with E-state index in [-0.39, 0.29) is 0 Å². The Bertz CT molecular complexity index is 668. The van der Waals surface area contributed by atoms with Crippen molar-refractivity contribution in [3.8, 4) is 5.75 Å². The molecule has 0 bridgehead atoms. The summed E-state index contributed by atoms with van der Waals surface area (Å²) >= 11 is 0. The predicted octanol–water partition coefficient (Wildman–Crippen LogP) is 3.25. The highest BCUT2D eigenvalue weighted by Gasteiger charge is 1.99. The summed E-state index contributed by atoms with van der Waals surface area (Å²) < 4.78 is 5.73. The summed E-state index contributed by atoms with van der Waals surface area (Å²) in [6.45, 7) is 0.631. The van der Waals surface area contributed by atoms with Gasteiger partial charge in [0.2, 0.25) is 0 Å². The fraction of sp³-hybridized carbons (Fsp3) is 0.125. The molecule has 0 atom stereocenters. The first-order valence-electron chi connectivity index (χ1n) is 6.28. The van der Waals surface area contributed by atoms with Gasteiger partial charge in [0.05, 0.1) is 18.3 Å². The van der Waals surface area contributed by atoms with Crippen LogP contribution in [0.5, 0.6) is 5.75 Å². The van der Waals surface area contributed by atoms with Crippen molar-refractivity contribution in [1.82, 2.24) is 9.97 Å². The van der Waals surface area contributed by atoms with E-state index in [0.717, 1.165) is 23.1 Å². The molecule has 0 unspecified atom stereocenters. The third kappa shape index (κ3) is 2.88. The number of ether oxygens (including phenoxy) is 1. The van der Waals surface area contributed by atoms with Crippen LogP contribution in [-0.2, 0) is 6.42 Å². The van der Waals surface area contributed by atoms with Gasteiger partial charge in [-0.2, -0.15) is 0 Å². The lowest BCUT2D eigenvalue weighted by Crippen LogP contribution is -2.01. The minimum Gasteiger partial charge on any atom is -0.492 e. The minimum atomic E-state index is 0.631. The van der Waals surface area contributed by atoms with Crippen LogP contribution in [0, 0.1) is 0 Å². The normalized spacial score (nSPS) is 10.5. The van der Waals surface area contributed by atoms with Gasteiger partial charge >= 0.3 is 0 Å². The van der Waals surface area contributed by atoms with Crippen molar-refractivity contribution in [3.05, 3.63) is 66.6 Å². The number of hydrogen-bond donors (Lipinski definition) is 0. The van der Waals surface area contributed by atoms with Crippen molar-refractivity contribution in [2.24, 2.45) is 0 Å². The Hall–Kier alpha value is -2.42. The third-order valence-electron chi connectivity index (χ3n) is 2.95. The molecule has 0 N–H and O–H groups in total. The first kappa shape index (κ1) is 11.7. The molecule has 19 heavy (non-hydrogen) atoms. The van der Waals surface area contributed by atoms with Crippen LogP contribution in [0.2, 0.25) is 0 Å². The number of pyridine rings is 2. The predicted molar refractivity (Wildman–Crippen MR) is 75.2 cm³/mol. The Labute approximate surface area is 111 Å². The van der Waals surface area contributed by atoms with Gasteiger partial charge in [0.1, 0.15) is 5.75 Å². The molecule has 0 radical (unpaired) electrons. The maximum atomic E-state index is 5.73. The fourth-order valence-corrected chi connectivity index (χ4v) is 1.96. The number of aromatic nitrogens is 2. The van der Waals surface area contributed by atoms with Gasteiger partial charge in [-0.3, -0.25) is 9.97 Å². The molecule has 1 aromatic carbocycles. The highest BCUT2D eigenvalue weighted by molar-refractivity contribution is 5.79. The average Bonchev–Trinajstić information content (AvgIpc) is 2.48. The molecule has 3 heteroatoms. The van der Waals surface area contributed by atoms with Crippen LogP contribution in [0.1, 0.15) is 5.56 Å². The van der Waals surface area contributed by atoms with Crippen molar-refractivity contribution in [2.75, 3.05) is 6.61 Å². The van der Waals surface area contributed by atoms with Crippen LogP contribution in [0.25, 0.3) is 10.9 Å². The Kier molecular flexibility index (Phi) is 3.36. The van der Waals surface area contributed by atoms with Gasteiger partial charge in [-0.25, -0.2) is 0 Å². The molecule has 0 amide bonds. The topological polar surface area (TPSA) is 35.0 Å². The Morgan fingerprint density at radius 2 is 1.95 bits per heavy atom. The number of benzene rings is 1. The SMILES string of the molecule is c1cncc(CCOc2cnc3ccccc3c2)c1. The van der Waals surface area contributed by atoms with Crippen LogP contribution < -0.4 is 4.74 Å². The van der Waals surface area contributed by atoms with E-state index in [2.05, 4.69) is 16.0 Å². The smallest absolute Gasteiger partial charge is 0.138 e. The minimum absolute atomic E-state index is 0.631. The van der Waals surface area contributed by atoms with E-state index in [4.69, 9.17) is 4.74 Å². The van der Waals surface area contributed by atoms with E-state index in [0.29, 0.717) is 6.61 Å². The molecule has 94 valence electrons. The van der Waals surface area contributed by atoms with Crippen molar-refractivity contribution < 1.29 is 4.74 Å². The number of nitrogens with zero attached hydrogens (tertiary/aromatic N) is 2. The van der Waals surface area contributed by atoms with E-state index in [1.54, 1.807) is 12.4 Å². The number of rotatable bonds is 4. The summed E-state index contributed by atoms with van der Waals surface area (Å²) in [4.78, 5) is 8.45. The van der Waals surface area contributed by atoms with E-state index in [1.807, 2.05) is 42.6 Å². The standard InChI is InChI=1S/C16H14N2O/c1-2-6-16-14(5-1)10-15(12-18-16)19-9-7-13-4-3-8-17-11-13/h1-6,8,10-12H,7,9H2. The molecule has 3 aromatic rings. The monoisotopic (exact) mass is 250 g/mol. The van der Waals surface area contributed by atoms with Crippen LogP contribution in [0.15, 0.2) is 61.1 Å². The Morgan fingerprint density at radius 1 is 1.00 bits per heavy atom. The van der Waals surface area contributed by atoms with E-state index in [9.17, 15) is 0 Å². The van der Waals surface area contributed by atoms with E-state index in [1.165, 1.54) is 5.56 Å². The number of para-hydroxylation sites is 1. The van der Waals surface area contributed by atoms with Gasteiger partial charge < -0.3 is 4.74 Å². The molecule has 3 rings (SSSR count). The molecule has 2 heterocycles. The Morgan fingerprint density at radius 3 is 2.84 bits per heavy atom. The molecule has 3 nitrogen and oxygen atoms in total. The van der Waals surface area contributed by atoms with Gasteiger partial charge in [-0.15, -0.1) is 0 Å². The van der Waals surface area contributed by atoms with Gasteiger partial charge in [-0.1, -0.05) is 24.3 Å². The Balaban J connectivity index is 1.65. The zero-order valence-corrected chi connectivity index (χ0v) is 10.5.